The van der Waals surface area contributed by atoms with Crippen LogP contribution >= 0.6 is 0 Å². The number of carbonyl (C=O) groups is 1. The first-order valence-corrected chi connectivity index (χ1v) is 10.3. The number of nitrogens with zero attached hydrogens (tertiary/aromatic N) is 2. The molecule has 1 aromatic carbocycles. The lowest BCUT2D eigenvalue weighted by Gasteiger charge is -2.15. The van der Waals surface area contributed by atoms with Crippen LogP contribution in [-0.2, 0) is 17.5 Å². The average Bonchev–Trinajstić information content (AvgIpc) is 2.80. The standard InChI is InChI=1S/C23H22F4N4O3/c1-13(2)22(33)29-11-14-3-5-17(23(25,26)27)16(9-14)21-30-18(10-19(32)31-21)15-4-6-20(28-12-15)34-8-7-24/h3-6,9-10,12-13H,7-8,11H2,1-2H3,(H,29,33)(H,30,31,32). The number of halogens is 4. The van der Waals surface area contributed by atoms with Gasteiger partial charge in [0.2, 0.25) is 11.8 Å². The van der Waals surface area contributed by atoms with E-state index < -0.39 is 24.0 Å². The van der Waals surface area contributed by atoms with E-state index >= 15 is 0 Å². The number of nitrogens with one attached hydrogen (secondary N) is 2. The van der Waals surface area contributed by atoms with E-state index in [1.54, 1.807) is 13.8 Å². The third kappa shape index (κ3) is 6.18. The number of hydrogen-bond acceptors (Lipinski definition) is 5. The monoisotopic (exact) mass is 478 g/mol. The van der Waals surface area contributed by atoms with Crippen LogP contribution in [-0.4, -0.2) is 34.1 Å². The maximum Gasteiger partial charge on any atom is 0.417 e. The van der Waals surface area contributed by atoms with Crippen LogP contribution in [0, 0.1) is 5.92 Å². The van der Waals surface area contributed by atoms with Crippen LogP contribution in [0.1, 0.15) is 25.0 Å². The molecule has 0 unspecified atom stereocenters. The van der Waals surface area contributed by atoms with E-state index in [1.807, 2.05) is 0 Å². The molecule has 0 spiro atoms. The lowest BCUT2D eigenvalue weighted by molar-refractivity contribution is -0.137. The van der Waals surface area contributed by atoms with Crippen LogP contribution < -0.4 is 15.6 Å². The number of aromatic amines is 1. The largest absolute Gasteiger partial charge is 0.475 e. The number of alkyl halides is 4. The molecule has 0 fully saturated rings. The lowest BCUT2D eigenvalue weighted by Crippen LogP contribution is -2.27. The van der Waals surface area contributed by atoms with Crippen LogP contribution in [0.4, 0.5) is 17.6 Å². The number of rotatable bonds is 8. The summed E-state index contributed by atoms with van der Waals surface area (Å²) in [6, 6.07) is 7.45. The number of ether oxygens (including phenoxy) is 1. The quantitative estimate of drug-likeness (QED) is 0.475. The number of H-pyrrole nitrogens is 1. The van der Waals surface area contributed by atoms with Crippen molar-refractivity contribution in [1.82, 2.24) is 20.3 Å². The van der Waals surface area contributed by atoms with Gasteiger partial charge in [-0.1, -0.05) is 19.9 Å². The Balaban J connectivity index is 2.02. The molecular weight excluding hydrogens is 456 g/mol. The van der Waals surface area contributed by atoms with Crippen molar-refractivity contribution in [2.45, 2.75) is 26.6 Å². The summed E-state index contributed by atoms with van der Waals surface area (Å²) in [4.78, 5) is 34.7. The van der Waals surface area contributed by atoms with Gasteiger partial charge in [0, 0.05) is 41.9 Å². The third-order valence-corrected chi connectivity index (χ3v) is 4.74. The highest BCUT2D eigenvalue weighted by molar-refractivity contribution is 5.78. The van der Waals surface area contributed by atoms with Crippen molar-refractivity contribution in [2.75, 3.05) is 13.3 Å². The third-order valence-electron chi connectivity index (χ3n) is 4.74. The van der Waals surface area contributed by atoms with E-state index in [2.05, 4.69) is 20.3 Å². The number of carbonyl (C=O) groups excluding carboxylic acids is 1. The van der Waals surface area contributed by atoms with Crippen LogP contribution in [0.2, 0.25) is 0 Å². The molecule has 0 atom stereocenters. The van der Waals surface area contributed by atoms with Crippen molar-refractivity contribution in [2.24, 2.45) is 5.92 Å². The molecule has 180 valence electrons. The predicted molar refractivity (Wildman–Crippen MR) is 117 cm³/mol. The molecule has 2 aromatic heterocycles. The molecule has 1 amide bonds. The van der Waals surface area contributed by atoms with E-state index in [-0.39, 0.29) is 47.9 Å². The summed E-state index contributed by atoms with van der Waals surface area (Å²) < 4.78 is 58.4. The normalized spacial score (nSPS) is 11.5. The molecule has 11 heteroatoms. The summed E-state index contributed by atoms with van der Waals surface area (Å²) in [6.07, 6.45) is -3.39. The van der Waals surface area contributed by atoms with Gasteiger partial charge in [-0.2, -0.15) is 13.2 Å². The summed E-state index contributed by atoms with van der Waals surface area (Å²) in [7, 11) is 0. The summed E-state index contributed by atoms with van der Waals surface area (Å²) in [5.74, 6) is -0.668. The first-order chi connectivity index (χ1) is 16.1. The maximum atomic E-state index is 13.7. The highest BCUT2D eigenvalue weighted by Gasteiger charge is 2.34. The molecule has 2 N–H and O–H groups in total. The number of benzene rings is 1. The van der Waals surface area contributed by atoms with E-state index in [1.165, 1.54) is 30.5 Å². The molecular formula is C23H22F4N4O3. The molecule has 0 saturated carbocycles. The minimum absolute atomic E-state index is 0.0103. The second-order valence-electron chi connectivity index (χ2n) is 7.65. The Morgan fingerprint density at radius 2 is 1.94 bits per heavy atom. The minimum atomic E-state index is -4.71. The van der Waals surface area contributed by atoms with Gasteiger partial charge in [0.15, 0.2) is 0 Å². The second-order valence-corrected chi connectivity index (χ2v) is 7.65. The topological polar surface area (TPSA) is 97.0 Å². The fourth-order valence-electron chi connectivity index (χ4n) is 3.03. The number of pyridine rings is 1. The number of hydrogen-bond donors (Lipinski definition) is 2. The lowest BCUT2D eigenvalue weighted by atomic mass is 10.0. The molecule has 3 rings (SSSR count). The molecule has 0 aliphatic carbocycles. The van der Waals surface area contributed by atoms with Crippen molar-refractivity contribution in [3.8, 4) is 28.5 Å². The van der Waals surface area contributed by atoms with Gasteiger partial charge >= 0.3 is 6.18 Å². The summed E-state index contributed by atoms with van der Waals surface area (Å²) in [5.41, 5.74) is -1.13. The van der Waals surface area contributed by atoms with Crippen molar-refractivity contribution in [3.05, 3.63) is 64.1 Å². The van der Waals surface area contributed by atoms with Gasteiger partial charge in [0.25, 0.3) is 5.56 Å². The average molecular weight is 478 g/mol. The Morgan fingerprint density at radius 3 is 2.56 bits per heavy atom. The highest BCUT2D eigenvalue weighted by Crippen LogP contribution is 2.36. The Labute approximate surface area is 192 Å². The van der Waals surface area contributed by atoms with Crippen molar-refractivity contribution in [3.63, 3.8) is 0 Å². The second kappa shape index (κ2) is 10.4. The highest BCUT2D eigenvalue weighted by atomic mass is 19.4. The van der Waals surface area contributed by atoms with E-state index in [0.717, 1.165) is 12.1 Å². The Morgan fingerprint density at radius 1 is 1.18 bits per heavy atom. The van der Waals surface area contributed by atoms with Gasteiger partial charge in [0.1, 0.15) is 19.1 Å². The minimum Gasteiger partial charge on any atom is -0.475 e. The molecule has 2 heterocycles. The summed E-state index contributed by atoms with van der Waals surface area (Å²) in [6.45, 7) is 2.54. The van der Waals surface area contributed by atoms with Gasteiger partial charge < -0.3 is 15.0 Å². The van der Waals surface area contributed by atoms with Crippen LogP contribution in [0.25, 0.3) is 22.6 Å². The van der Waals surface area contributed by atoms with E-state index in [0.29, 0.717) is 11.1 Å². The molecule has 3 aromatic rings. The summed E-state index contributed by atoms with van der Waals surface area (Å²) >= 11 is 0. The van der Waals surface area contributed by atoms with Gasteiger partial charge in [0.05, 0.1) is 11.3 Å². The fourth-order valence-corrected chi connectivity index (χ4v) is 3.03. The SMILES string of the molecule is CC(C)C(=O)NCc1ccc(C(F)(F)F)c(-c2nc(-c3ccc(OCCF)nc3)cc(=O)[nH]2)c1. The molecule has 7 nitrogen and oxygen atoms in total. The maximum absolute atomic E-state index is 13.7. The summed E-state index contributed by atoms with van der Waals surface area (Å²) in [5, 5.41) is 2.65. The van der Waals surface area contributed by atoms with Crippen LogP contribution in [0.3, 0.4) is 0 Å². The van der Waals surface area contributed by atoms with Gasteiger partial charge in [-0.05, 0) is 23.8 Å². The Hall–Kier alpha value is -3.76. The Bertz CT molecular complexity index is 1210. The zero-order valence-electron chi connectivity index (χ0n) is 18.4. The molecule has 0 aliphatic heterocycles. The number of amides is 1. The number of aromatic nitrogens is 3. The van der Waals surface area contributed by atoms with Gasteiger partial charge in [-0.3, -0.25) is 9.59 Å². The molecule has 0 radical (unpaired) electrons. The Kier molecular flexibility index (Phi) is 7.64. The zero-order chi connectivity index (χ0) is 24.9. The van der Waals surface area contributed by atoms with Crippen molar-refractivity contribution in [1.29, 1.82) is 0 Å². The van der Waals surface area contributed by atoms with Crippen molar-refractivity contribution < 1.29 is 27.1 Å². The molecule has 0 aliphatic rings. The van der Waals surface area contributed by atoms with Crippen LogP contribution in [0.5, 0.6) is 5.88 Å². The van der Waals surface area contributed by atoms with Gasteiger partial charge in [-0.15, -0.1) is 0 Å². The zero-order valence-corrected chi connectivity index (χ0v) is 18.4. The van der Waals surface area contributed by atoms with Gasteiger partial charge in [-0.25, -0.2) is 14.4 Å². The van der Waals surface area contributed by atoms with Crippen LogP contribution in [0.15, 0.2) is 47.4 Å². The fraction of sp³-hybridized carbons (Fsp3) is 0.304. The molecule has 0 saturated heterocycles. The molecule has 0 bridgehead atoms. The van der Waals surface area contributed by atoms with Crippen molar-refractivity contribution >= 4 is 5.91 Å². The van der Waals surface area contributed by atoms with E-state index in [4.69, 9.17) is 4.74 Å². The first kappa shape index (κ1) is 24.9. The first-order valence-electron chi connectivity index (χ1n) is 10.3. The van der Waals surface area contributed by atoms with E-state index in [9.17, 15) is 27.2 Å². The molecule has 34 heavy (non-hydrogen) atoms. The smallest absolute Gasteiger partial charge is 0.417 e. The predicted octanol–water partition coefficient (Wildman–Crippen LogP) is 4.14.